The number of fused-ring (bicyclic) bond motifs is 1. The lowest BCUT2D eigenvalue weighted by atomic mass is 9.92. The molecule has 2 aromatic heterocycles. The first-order valence-corrected chi connectivity index (χ1v) is 8.18. The Labute approximate surface area is 145 Å². The van der Waals surface area contributed by atoms with E-state index in [9.17, 15) is 9.59 Å². The standard InChI is InChI=1S/C17H20N6O2/c1-11-5-8-22(15(24)4-6-18)10-13(11)21-16-12(17(19)25)9-20-23-7-2-3-14(16)23/h2-3,7,9,11,13,21H,4-5,8,10H2,1H3,(H2,19,25). The van der Waals surface area contributed by atoms with Crippen molar-refractivity contribution in [1.82, 2.24) is 14.5 Å². The van der Waals surface area contributed by atoms with Crippen LogP contribution < -0.4 is 11.1 Å². The second-order valence-electron chi connectivity index (χ2n) is 6.33. The highest BCUT2D eigenvalue weighted by Gasteiger charge is 2.30. The SMILES string of the molecule is CC1CCN(C(=O)CC#N)CC1Nc1c(C(N)=O)cnn2cccc12. The maximum absolute atomic E-state index is 12.0. The molecule has 3 heterocycles. The molecular weight excluding hydrogens is 320 g/mol. The highest BCUT2D eigenvalue weighted by Crippen LogP contribution is 2.27. The van der Waals surface area contributed by atoms with Gasteiger partial charge in [-0.25, -0.2) is 4.52 Å². The molecule has 25 heavy (non-hydrogen) atoms. The average Bonchev–Trinajstić information content (AvgIpc) is 3.06. The molecule has 3 N–H and O–H groups in total. The number of rotatable bonds is 4. The van der Waals surface area contributed by atoms with Crippen LogP contribution in [-0.2, 0) is 4.79 Å². The Kier molecular flexibility index (Phi) is 4.57. The van der Waals surface area contributed by atoms with Crippen LogP contribution in [0, 0.1) is 17.2 Å². The molecular formula is C17H20N6O2. The van der Waals surface area contributed by atoms with E-state index in [2.05, 4.69) is 17.3 Å². The Balaban J connectivity index is 1.90. The molecule has 2 amide bonds. The van der Waals surface area contributed by atoms with Gasteiger partial charge in [-0.3, -0.25) is 9.59 Å². The number of hydrogen-bond acceptors (Lipinski definition) is 5. The van der Waals surface area contributed by atoms with Gasteiger partial charge in [-0.2, -0.15) is 10.4 Å². The molecule has 8 nitrogen and oxygen atoms in total. The number of hydrogen-bond donors (Lipinski definition) is 2. The van der Waals surface area contributed by atoms with Crippen molar-refractivity contribution in [2.24, 2.45) is 11.7 Å². The summed E-state index contributed by atoms with van der Waals surface area (Å²) in [5, 5.41) is 16.3. The summed E-state index contributed by atoms with van der Waals surface area (Å²) in [6.07, 6.45) is 3.94. The molecule has 0 aliphatic carbocycles. The normalized spacial score (nSPS) is 20.2. The van der Waals surface area contributed by atoms with Crippen LogP contribution in [0.25, 0.3) is 5.52 Å². The molecule has 1 aliphatic heterocycles. The van der Waals surface area contributed by atoms with Crippen LogP contribution >= 0.6 is 0 Å². The lowest BCUT2D eigenvalue weighted by Gasteiger charge is -2.38. The van der Waals surface area contributed by atoms with Gasteiger partial charge in [-0.15, -0.1) is 0 Å². The lowest BCUT2D eigenvalue weighted by Crippen LogP contribution is -2.49. The van der Waals surface area contributed by atoms with Gasteiger partial charge in [0.2, 0.25) is 5.91 Å². The van der Waals surface area contributed by atoms with Gasteiger partial charge in [-0.1, -0.05) is 6.92 Å². The van der Waals surface area contributed by atoms with Crippen molar-refractivity contribution < 1.29 is 9.59 Å². The van der Waals surface area contributed by atoms with E-state index in [1.54, 1.807) is 15.6 Å². The first-order valence-electron chi connectivity index (χ1n) is 8.18. The third kappa shape index (κ3) is 3.26. The number of aromatic nitrogens is 2. The van der Waals surface area contributed by atoms with Gasteiger partial charge in [-0.05, 0) is 24.5 Å². The highest BCUT2D eigenvalue weighted by atomic mass is 16.2. The molecule has 0 saturated carbocycles. The second-order valence-corrected chi connectivity index (χ2v) is 6.33. The van der Waals surface area contributed by atoms with Crippen LogP contribution in [0.3, 0.4) is 0 Å². The maximum atomic E-state index is 12.0. The van der Waals surface area contributed by atoms with E-state index in [4.69, 9.17) is 11.0 Å². The predicted molar refractivity (Wildman–Crippen MR) is 91.7 cm³/mol. The fourth-order valence-corrected chi connectivity index (χ4v) is 3.18. The molecule has 8 heteroatoms. The van der Waals surface area contributed by atoms with Crippen molar-refractivity contribution in [2.75, 3.05) is 18.4 Å². The van der Waals surface area contributed by atoms with Gasteiger partial charge in [0.25, 0.3) is 5.91 Å². The van der Waals surface area contributed by atoms with E-state index in [1.807, 2.05) is 18.2 Å². The largest absolute Gasteiger partial charge is 0.378 e. The van der Waals surface area contributed by atoms with Crippen LogP contribution in [0.1, 0.15) is 30.1 Å². The third-order valence-corrected chi connectivity index (χ3v) is 4.70. The van der Waals surface area contributed by atoms with Crippen molar-refractivity contribution in [2.45, 2.75) is 25.8 Å². The minimum Gasteiger partial charge on any atom is -0.378 e. The molecule has 3 rings (SSSR count). The van der Waals surface area contributed by atoms with Crippen LogP contribution in [0.5, 0.6) is 0 Å². The number of carbonyl (C=O) groups excluding carboxylic acids is 2. The van der Waals surface area contributed by atoms with E-state index < -0.39 is 5.91 Å². The summed E-state index contributed by atoms with van der Waals surface area (Å²) in [5.41, 5.74) is 7.20. The molecule has 2 aromatic rings. The minimum atomic E-state index is -0.556. The van der Waals surface area contributed by atoms with E-state index in [0.717, 1.165) is 11.9 Å². The summed E-state index contributed by atoms with van der Waals surface area (Å²) in [4.78, 5) is 25.5. The fourth-order valence-electron chi connectivity index (χ4n) is 3.18. The van der Waals surface area contributed by atoms with E-state index >= 15 is 0 Å². The van der Waals surface area contributed by atoms with Gasteiger partial charge in [0.1, 0.15) is 6.42 Å². The Bertz CT molecular complexity index is 852. The quantitative estimate of drug-likeness (QED) is 0.861. The number of likely N-dealkylation sites (tertiary alicyclic amines) is 1. The number of nitrogens with zero attached hydrogens (tertiary/aromatic N) is 4. The van der Waals surface area contributed by atoms with Crippen LogP contribution in [0.4, 0.5) is 5.69 Å². The molecule has 0 radical (unpaired) electrons. The van der Waals surface area contributed by atoms with Gasteiger partial charge in [0, 0.05) is 25.3 Å². The molecule has 0 spiro atoms. The number of piperidine rings is 1. The minimum absolute atomic E-state index is 0.0457. The van der Waals surface area contributed by atoms with Gasteiger partial charge in [0.15, 0.2) is 0 Å². The second kappa shape index (κ2) is 6.81. The number of nitrogens with two attached hydrogens (primary N) is 1. The van der Waals surface area contributed by atoms with E-state index in [-0.39, 0.29) is 18.4 Å². The smallest absolute Gasteiger partial charge is 0.252 e. The third-order valence-electron chi connectivity index (χ3n) is 4.70. The number of anilines is 1. The number of nitriles is 1. The summed E-state index contributed by atoms with van der Waals surface area (Å²) in [6.45, 7) is 3.22. The fraction of sp³-hybridized carbons (Fsp3) is 0.412. The van der Waals surface area contributed by atoms with Crippen molar-refractivity contribution in [1.29, 1.82) is 5.26 Å². The van der Waals surface area contributed by atoms with Crippen molar-refractivity contribution in [3.05, 3.63) is 30.1 Å². The summed E-state index contributed by atoms with van der Waals surface area (Å²) in [6, 6.07) is 5.55. The first kappa shape index (κ1) is 16.8. The van der Waals surface area contributed by atoms with E-state index in [0.29, 0.717) is 30.3 Å². The van der Waals surface area contributed by atoms with Crippen LogP contribution in [0.2, 0.25) is 0 Å². The number of amides is 2. The topological polar surface area (TPSA) is 117 Å². The highest BCUT2D eigenvalue weighted by molar-refractivity contribution is 6.01. The predicted octanol–water partition coefficient (Wildman–Crippen LogP) is 0.996. The molecule has 1 aliphatic rings. The van der Waals surface area contributed by atoms with E-state index in [1.165, 1.54) is 6.20 Å². The molecule has 0 bridgehead atoms. The summed E-state index contributed by atoms with van der Waals surface area (Å²) in [5.74, 6) is -0.423. The molecule has 0 aromatic carbocycles. The Hall–Kier alpha value is -3.08. The molecule has 1 fully saturated rings. The maximum Gasteiger partial charge on any atom is 0.252 e. The van der Waals surface area contributed by atoms with Crippen molar-refractivity contribution >= 4 is 23.0 Å². The van der Waals surface area contributed by atoms with Crippen molar-refractivity contribution in [3.63, 3.8) is 0 Å². The van der Waals surface area contributed by atoms with Crippen LogP contribution in [-0.4, -0.2) is 45.5 Å². The monoisotopic (exact) mass is 340 g/mol. The zero-order valence-corrected chi connectivity index (χ0v) is 14.0. The first-order chi connectivity index (χ1) is 12.0. The molecule has 2 unspecified atom stereocenters. The Morgan fingerprint density at radius 1 is 1.52 bits per heavy atom. The van der Waals surface area contributed by atoms with Gasteiger partial charge >= 0.3 is 0 Å². The number of primary amides is 1. The summed E-state index contributed by atoms with van der Waals surface area (Å²) < 4.78 is 1.67. The summed E-state index contributed by atoms with van der Waals surface area (Å²) >= 11 is 0. The van der Waals surface area contributed by atoms with Gasteiger partial charge in [0.05, 0.1) is 29.0 Å². The van der Waals surface area contributed by atoms with Gasteiger partial charge < -0.3 is 16.0 Å². The van der Waals surface area contributed by atoms with Crippen LogP contribution in [0.15, 0.2) is 24.5 Å². The zero-order valence-electron chi connectivity index (χ0n) is 14.0. The Morgan fingerprint density at radius 2 is 2.32 bits per heavy atom. The average molecular weight is 340 g/mol. The lowest BCUT2D eigenvalue weighted by molar-refractivity contribution is -0.131. The number of nitrogens with one attached hydrogen (secondary N) is 1. The van der Waals surface area contributed by atoms with Crippen molar-refractivity contribution in [3.8, 4) is 6.07 Å². The zero-order chi connectivity index (χ0) is 18.0. The molecule has 2 atom stereocenters. The molecule has 130 valence electrons. The summed E-state index contributed by atoms with van der Waals surface area (Å²) in [7, 11) is 0. The number of carbonyl (C=O) groups is 2. The Morgan fingerprint density at radius 3 is 3.04 bits per heavy atom. The molecule has 1 saturated heterocycles.